The number of ether oxygens (including phenoxy) is 1. The molecule has 2 unspecified atom stereocenters. The van der Waals surface area contributed by atoms with Crippen LogP contribution in [-0.2, 0) is 16.1 Å². The minimum absolute atomic E-state index is 0.0253. The Morgan fingerprint density at radius 3 is 2.61 bits per heavy atom. The highest BCUT2D eigenvalue weighted by molar-refractivity contribution is 5.99. The lowest BCUT2D eigenvalue weighted by Gasteiger charge is -2.43. The van der Waals surface area contributed by atoms with Crippen LogP contribution in [0.1, 0.15) is 52.2 Å². The Morgan fingerprint density at radius 1 is 1.29 bits per heavy atom. The number of methoxy groups -OCH3 is 1. The van der Waals surface area contributed by atoms with Crippen LogP contribution in [0.3, 0.4) is 0 Å². The molecule has 11 nitrogen and oxygen atoms in total. The molecule has 4 heterocycles. The van der Waals surface area contributed by atoms with Gasteiger partial charge in [0.25, 0.3) is 11.8 Å². The minimum Gasteiger partial charge on any atom is -0.503 e. The Balaban J connectivity index is 1.57. The van der Waals surface area contributed by atoms with Crippen molar-refractivity contribution in [3.05, 3.63) is 62.8 Å². The number of carbonyl (C=O) groups is 2. The molecule has 38 heavy (non-hydrogen) atoms. The van der Waals surface area contributed by atoms with Crippen molar-refractivity contribution in [3.63, 3.8) is 0 Å². The second kappa shape index (κ2) is 9.38. The van der Waals surface area contributed by atoms with Gasteiger partial charge >= 0.3 is 0 Å². The monoisotopic (exact) mass is 538 g/mol. The summed E-state index contributed by atoms with van der Waals surface area (Å²) >= 11 is 0. The number of benzene rings is 1. The smallest absolute Gasteiger partial charge is 0.274 e. The number of carbonyl (C=O) groups excluding carboxylic acids is 2. The number of aromatic hydroxyl groups is 1. The number of aliphatic hydroxyl groups excluding tert-OH is 1. The van der Waals surface area contributed by atoms with Crippen LogP contribution in [-0.4, -0.2) is 69.1 Å². The molecule has 204 valence electrons. The number of nitrogens with zero attached hydrogens (tertiary/aromatic N) is 2. The SMILES string of the molecule is COC1NO[C@@]2(CC[C@H](C)N3CC2n2cc(C(=O)NCc4c(F)cc(F)cc4F)c(=O)c(O)c2C3=O)[C@H]1O. The van der Waals surface area contributed by atoms with Crippen LogP contribution in [0, 0.1) is 17.5 Å². The zero-order valence-corrected chi connectivity index (χ0v) is 20.3. The summed E-state index contributed by atoms with van der Waals surface area (Å²) in [6.07, 6.45) is -0.409. The van der Waals surface area contributed by atoms with Gasteiger partial charge in [-0.05, 0) is 19.8 Å². The molecule has 1 aromatic heterocycles. The van der Waals surface area contributed by atoms with Crippen LogP contribution < -0.4 is 16.2 Å². The highest BCUT2D eigenvalue weighted by Gasteiger charge is 2.59. The first-order valence-electron chi connectivity index (χ1n) is 11.8. The third kappa shape index (κ3) is 3.86. The van der Waals surface area contributed by atoms with Crippen molar-refractivity contribution in [1.29, 1.82) is 0 Å². The van der Waals surface area contributed by atoms with Crippen molar-refractivity contribution >= 4 is 11.8 Å². The fourth-order valence-corrected chi connectivity index (χ4v) is 5.45. The van der Waals surface area contributed by atoms with Gasteiger partial charge in [0.2, 0.25) is 5.43 Å². The van der Waals surface area contributed by atoms with Crippen molar-refractivity contribution in [3.8, 4) is 5.75 Å². The van der Waals surface area contributed by atoms with Gasteiger partial charge in [-0.25, -0.2) is 13.2 Å². The van der Waals surface area contributed by atoms with Gasteiger partial charge in [0.15, 0.2) is 17.7 Å². The molecule has 3 aliphatic rings. The number of aliphatic hydroxyl groups is 1. The summed E-state index contributed by atoms with van der Waals surface area (Å²) in [6, 6.07) is -0.300. The first-order valence-corrected chi connectivity index (χ1v) is 11.8. The van der Waals surface area contributed by atoms with Gasteiger partial charge in [0.1, 0.15) is 34.7 Å². The second-order valence-corrected chi connectivity index (χ2v) is 9.64. The number of pyridine rings is 1. The Labute approximate surface area is 213 Å². The van der Waals surface area contributed by atoms with Crippen molar-refractivity contribution in [2.45, 2.75) is 56.3 Å². The van der Waals surface area contributed by atoms with Crippen LogP contribution in [0.15, 0.2) is 23.1 Å². The molecule has 2 saturated heterocycles. The summed E-state index contributed by atoms with van der Waals surface area (Å²) in [6.45, 7) is 1.09. The molecular weight excluding hydrogens is 513 g/mol. The largest absolute Gasteiger partial charge is 0.503 e. The quantitative estimate of drug-likeness (QED) is 0.446. The lowest BCUT2D eigenvalue weighted by atomic mass is 9.83. The maximum atomic E-state index is 14.0. The van der Waals surface area contributed by atoms with Crippen LogP contribution in [0.4, 0.5) is 13.2 Å². The number of halogens is 3. The van der Waals surface area contributed by atoms with E-state index in [1.54, 1.807) is 6.92 Å². The molecule has 1 spiro atoms. The van der Waals surface area contributed by atoms with E-state index in [0.717, 1.165) is 6.20 Å². The van der Waals surface area contributed by atoms with E-state index in [0.29, 0.717) is 18.6 Å². The standard InChI is InChI=1S/C24H25F3N4O7/c1-10-3-4-24(20(34)22(37-2)29-38-24)16-9-30(10)23(36)17-19(33)18(32)13(8-31(16)17)21(35)28-7-12-14(26)5-11(25)6-15(12)27/h5-6,8,10,16,20,22,29,33-34H,3-4,7,9H2,1-2H3,(H,28,35)/t10-,16?,20-,22?,24+/m0/s1. The van der Waals surface area contributed by atoms with Crippen LogP contribution in [0.25, 0.3) is 0 Å². The van der Waals surface area contributed by atoms with E-state index < -0.39 is 82.1 Å². The van der Waals surface area contributed by atoms with Gasteiger partial charge in [0, 0.05) is 50.1 Å². The molecular formula is C24H25F3N4O7. The number of rotatable bonds is 4. The number of fused-ring (bicyclic) bond motifs is 5. The molecule has 0 aliphatic carbocycles. The molecule has 2 amide bonds. The molecule has 3 aliphatic heterocycles. The zero-order valence-electron chi connectivity index (χ0n) is 20.3. The zero-order chi connectivity index (χ0) is 27.5. The highest BCUT2D eigenvalue weighted by atomic mass is 19.1. The van der Waals surface area contributed by atoms with E-state index in [4.69, 9.17) is 9.57 Å². The van der Waals surface area contributed by atoms with Crippen molar-refractivity contribution in [2.24, 2.45) is 0 Å². The van der Waals surface area contributed by atoms with Crippen molar-refractivity contribution in [2.75, 3.05) is 13.7 Å². The summed E-state index contributed by atoms with van der Waals surface area (Å²) < 4.78 is 47.7. The number of hydroxylamine groups is 1. The second-order valence-electron chi connectivity index (χ2n) is 9.64. The Hall–Kier alpha value is -3.46. The van der Waals surface area contributed by atoms with Gasteiger partial charge in [-0.3, -0.25) is 19.2 Å². The third-order valence-corrected chi connectivity index (χ3v) is 7.61. The predicted molar refractivity (Wildman–Crippen MR) is 122 cm³/mol. The van der Waals surface area contributed by atoms with Crippen molar-refractivity contribution < 1.29 is 42.5 Å². The lowest BCUT2D eigenvalue weighted by molar-refractivity contribution is -0.127. The van der Waals surface area contributed by atoms with E-state index >= 15 is 0 Å². The molecule has 2 fully saturated rings. The number of hydrogen-bond acceptors (Lipinski definition) is 8. The van der Waals surface area contributed by atoms with E-state index in [2.05, 4.69) is 10.8 Å². The molecule has 0 saturated carbocycles. The first-order chi connectivity index (χ1) is 18.0. The van der Waals surface area contributed by atoms with Crippen molar-refractivity contribution in [1.82, 2.24) is 20.3 Å². The minimum atomic E-state index is -1.37. The Kier molecular flexibility index (Phi) is 6.46. The summed E-state index contributed by atoms with van der Waals surface area (Å²) in [5, 5.41) is 24.1. The fourth-order valence-electron chi connectivity index (χ4n) is 5.45. The maximum Gasteiger partial charge on any atom is 0.274 e. The summed E-state index contributed by atoms with van der Waals surface area (Å²) in [5.41, 5.74) is -1.55. The average molecular weight is 538 g/mol. The number of nitrogens with one attached hydrogen (secondary N) is 2. The van der Waals surface area contributed by atoms with E-state index in [1.807, 2.05) is 0 Å². The molecule has 5 atom stereocenters. The molecule has 1 aromatic carbocycles. The highest BCUT2D eigenvalue weighted by Crippen LogP contribution is 2.46. The summed E-state index contributed by atoms with van der Waals surface area (Å²) in [4.78, 5) is 46.6. The normalized spacial score (nSPS) is 28.4. The van der Waals surface area contributed by atoms with Crippen LogP contribution in [0.2, 0.25) is 0 Å². The molecule has 2 aromatic rings. The lowest BCUT2D eigenvalue weighted by Crippen LogP contribution is -2.56. The van der Waals surface area contributed by atoms with Crippen LogP contribution in [0.5, 0.6) is 5.75 Å². The number of hydrogen-bond donors (Lipinski definition) is 4. The molecule has 2 bridgehead atoms. The first kappa shape index (κ1) is 26.2. The topological polar surface area (TPSA) is 142 Å². The number of aromatic nitrogens is 1. The predicted octanol–water partition coefficient (Wildman–Crippen LogP) is 0.687. The molecule has 0 radical (unpaired) electrons. The van der Waals surface area contributed by atoms with Gasteiger partial charge in [-0.1, -0.05) is 0 Å². The third-order valence-electron chi connectivity index (χ3n) is 7.61. The van der Waals surface area contributed by atoms with E-state index in [-0.39, 0.29) is 24.7 Å². The summed E-state index contributed by atoms with van der Waals surface area (Å²) in [7, 11) is 1.37. The summed E-state index contributed by atoms with van der Waals surface area (Å²) in [5.74, 6) is -6.35. The maximum absolute atomic E-state index is 14.0. The van der Waals surface area contributed by atoms with Gasteiger partial charge < -0.3 is 29.7 Å². The van der Waals surface area contributed by atoms with E-state index in [1.165, 1.54) is 16.6 Å². The van der Waals surface area contributed by atoms with Crippen LogP contribution >= 0.6 is 0 Å². The van der Waals surface area contributed by atoms with Gasteiger partial charge in [-0.2, -0.15) is 5.48 Å². The Bertz CT molecular complexity index is 1360. The van der Waals surface area contributed by atoms with Gasteiger partial charge in [0.05, 0.1) is 6.04 Å². The fraction of sp³-hybridized carbons (Fsp3) is 0.458. The Morgan fingerprint density at radius 2 is 1.97 bits per heavy atom. The molecule has 4 N–H and O–H groups in total. The van der Waals surface area contributed by atoms with Gasteiger partial charge in [-0.15, -0.1) is 0 Å². The van der Waals surface area contributed by atoms with E-state index in [9.17, 15) is 37.8 Å². The number of amides is 2. The molecule has 5 rings (SSSR count). The average Bonchev–Trinajstić information content (AvgIpc) is 3.12. The molecule has 14 heteroatoms.